The largest absolute Gasteiger partial charge is 0.396 e. The van der Waals surface area contributed by atoms with Crippen LogP contribution in [0.5, 0.6) is 0 Å². The van der Waals surface area contributed by atoms with Gasteiger partial charge < -0.3 is 15.3 Å². The van der Waals surface area contributed by atoms with Gasteiger partial charge in [0.25, 0.3) is 5.95 Å². The van der Waals surface area contributed by atoms with Crippen LogP contribution in [0.25, 0.3) is 5.95 Å². The van der Waals surface area contributed by atoms with Crippen LogP contribution in [0.4, 0.5) is 11.9 Å². The minimum Gasteiger partial charge on any atom is -0.396 e. The average Bonchev–Trinajstić information content (AvgIpc) is 3.09. The molecule has 0 aliphatic carbocycles. The number of nitrogens with zero attached hydrogens (tertiary/aromatic N) is 7. The third kappa shape index (κ3) is 2.92. The SMILES string of the molecule is CNc1nc(N2CCC(CO)CC2)nc(-n2cncn2)n1. The molecule has 1 aliphatic rings. The van der Waals surface area contributed by atoms with Crippen molar-refractivity contribution in [1.29, 1.82) is 0 Å². The Balaban J connectivity index is 1.86. The van der Waals surface area contributed by atoms with E-state index in [4.69, 9.17) is 0 Å². The van der Waals surface area contributed by atoms with Gasteiger partial charge in [-0.25, -0.2) is 4.98 Å². The second-order valence-corrected chi connectivity index (χ2v) is 4.96. The lowest BCUT2D eigenvalue weighted by atomic mass is 9.98. The molecular weight excluding hydrogens is 272 g/mol. The number of aliphatic hydroxyl groups is 1. The lowest BCUT2D eigenvalue weighted by molar-refractivity contribution is 0.202. The van der Waals surface area contributed by atoms with Crippen LogP contribution in [0, 0.1) is 5.92 Å². The van der Waals surface area contributed by atoms with Gasteiger partial charge in [0.15, 0.2) is 0 Å². The Hall–Kier alpha value is -2.29. The molecule has 0 bridgehead atoms. The molecule has 0 spiro atoms. The van der Waals surface area contributed by atoms with Crippen LogP contribution >= 0.6 is 0 Å². The minimum absolute atomic E-state index is 0.247. The lowest BCUT2D eigenvalue weighted by Gasteiger charge is -2.31. The molecule has 2 aromatic rings. The van der Waals surface area contributed by atoms with Crippen LogP contribution in [0.15, 0.2) is 12.7 Å². The molecule has 0 atom stereocenters. The molecule has 9 nitrogen and oxygen atoms in total. The van der Waals surface area contributed by atoms with E-state index in [1.807, 2.05) is 0 Å². The lowest BCUT2D eigenvalue weighted by Crippen LogP contribution is -2.36. The molecule has 2 aromatic heterocycles. The molecule has 0 radical (unpaired) electrons. The second-order valence-electron chi connectivity index (χ2n) is 4.96. The molecule has 9 heteroatoms. The maximum absolute atomic E-state index is 9.21. The monoisotopic (exact) mass is 290 g/mol. The Bertz CT molecular complexity index is 579. The van der Waals surface area contributed by atoms with E-state index in [-0.39, 0.29) is 6.61 Å². The van der Waals surface area contributed by atoms with Crippen molar-refractivity contribution >= 4 is 11.9 Å². The molecule has 3 heterocycles. The van der Waals surface area contributed by atoms with Gasteiger partial charge >= 0.3 is 0 Å². The van der Waals surface area contributed by atoms with E-state index >= 15 is 0 Å². The predicted molar refractivity (Wildman–Crippen MR) is 76.3 cm³/mol. The summed E-state index contributed by atoms with van der Waals surface area (Å²) in [6.07, 6.45) is 4.87. The fourth-order valence-corrected chi connectivity index (χ4v) is 2.34. The van der Waals surface area contributed by atoms with Crippen molar-refractivity contribution in [3.8, 4) is 5.95 Å². The Morgan fingerprint density at radius 1 is 1.24 bits per heavy atom. The predicted octanol–water partition coefficient (Wildman–Crippen LogP) is -0.297. The number of nitrogens with one attached hydrogen (secondary N) is 1. The van der Waals surface area contributed by atoms with Crippen molar-refractivity contribution < 1.29 is 5.11 Å². The van der Waals surface area contributed by atoms with Crippen LogP contribution in [0.3, 0.4) is 0 Å². The molecule has 1 saturated heterocycles. The quantitative estimate of drug-likeness (QED) is 0.791. The molecule has 21 heavy (non-hydrogen) atoms. The van der Waals surface area contributed by atoms with Gasteiger partial charge in [-0.3, -0.25) is 0 Å². The standard InChI is InChI=1S/C12H18N8O/c1-13-10-16-11(19-4-2-9(6-21)3-5-19)18-12(17-10)20-8-14-7-15-20/h7-9,21H,2-6H2,1H3,(H,13,16,17,18). The van der Waals surface area contributed by atoms with Crippen molar-refractivity contribution in [2.75, 3.05) is 37.0 Å². The first-order chi connectivity index (χ1) is 10.3. The van der Waals surface area contributed by atoms with Gasteiger partial charge in [0.2, 0.25) is 11.9 Å². The number of anilines is 2. The molecule has 0 amide bonds. The van der Waals surface area contributed by atoms with E-state index in [0.717, 1.165) is 25.9 Å². The first-order valence-electron chi connectivity index (χ1n) is 6.95. The van der Waals surface area contributed by atoms with Crippen LogP contribution in [-0.4, -0.2) is 61.6 Å². The fourth-order valence-electron chi connectivity index (χ4n) is 2.34. The molecule has 1 aliphatic heterocycles. The summed E-state index contributed by atoms with van der Waals surface area (Å²) < 4.78 is 1.51. The highest BCUT2D eigenvalue weighted by Crippen LogP contribution is 2.21. The zero-order valence-electron chi connectivity index (χ0n) is 11.8. The number of aromatic nitrogens is 6. The third-order valence-corrected chi connectivity index (χ3v) is 3.61. The smallest absolute Gasteiger partial charge is 0.258 e. The Morgan fingerprint density at radius 3 is 2.62 bits per heavy atom. The third-order valence-electron chi connectivity index (χ3n) is 3.61. The van der Waals surface area contributed by atoms with E-state index in [9.17, 15) is 5.11 Å². The second kappa shape index (κ2) is 6.00. The molecule has 112 valence electrons. The zero-order valence-corrected chi connectivity index (χ0v) is 11.8. The van der Waals surface area contributed by atoms with Crippen LogP contribution < -0.4 is 10.2 Å². The number of hydrogen-bond acceptors (Lipinski definition) is 8. The van der Waals surface area contributed by atoms with Gasteiger partial charge in [-0.05, 0) is 18.8 Å². The summed E-state index contributed by atoms with van der Waals surface area (Å²) >= 11 is 0. The van der Waals surface area contributed by atoms with Crippen LogP contribution in [0.1, 0.15) is 12.8 Å². The number of piperidine rings is 1. The summed E-state index contributed by atoms with van der Waals surface area (Å²) in [5.41, 5.74) is 0. The topological polar surface area (TPSA) is 105 Å². The number of hydrogen-bond donors (Lipinski definition) is 2. The van der Waals surface area contributed by atoms with Crippen LogP contribution in [-0.2, 0) is 0 Å². The van der Waals surface area contributed by atoms with E-state index in [0.29, 0.717) is 23.8 Å². The summed E-state index contributed by atoms with van der Waals surface area (Å²) in [4.78, 5) is 19.2. The Labute approximate surface area is 122 Å². The van der Waals surface area contributed by atoms with Gasteiger partial charge in [-0.1, -0.05) is 0 Å². The van der Waals surface area contributed by atoms with Gasteiger partial charge in [0.05, 0.1) is 0 Å². The molecular formula is C12H18N8O. The van der Waals surface area contributed by atoms with Gasteiger partial charge in [-0.15, -0.1) is 0 Å². The number of rotatable bonds is 4. The van der Waals surface area contributed by atoms with E-state index in [2.05, 4.69) is 35.3 Å². The van der Waals surface area contributed by atoms with Crippen LogP contribution in [0.2, 0.25) is 0 Å². The molecule has 0 aromatic carbocycles. The molecule has 1 fully saturated rings. The maximum Gasteiger partial charge on any atom is 0.258 e. The highest BCUT2D eigenvalue weighted by atomic mass is 16.3. The normalized spacial score (nSPS) is 16.2. The average molecular weight is 290 g/mol. The Morgan fingerprint density at radius 2 is 2.00 bits per heavy atom. The summed E-state index contributed by atoms with van der Waals surface area (Å²) in [5, 5.41) is 16.2. The molecule has 0 saturated carbocycles. The van der Waals surface area contributed by atoms with Crippen molar-refractivity contribution in [3.05, 3.63) is 12.7 Å². The van der Waals surface area contributed by atoms with Crippen molar-refractivity contribution in [2.24, 2.45) is 5.92 Å². The summed E-state index contributed by atoms with van der Waals surface area (Å²) in [7, 11) is 1.77. The Kier molecular flexibility index (Phi) is 3.91. The van der Waals surface area contributed by atoms with Crippen molar-refractivity contribution in [2.45, 2.75) is 12.8 Å². The summed E-state index contributed by atoms with van der Waals surface area (Å²) in [6.45, 7) is 1.90. The first kappa shape index (κ1) is 13.7. The van der Waals surface area contributed by atoms with Gasteiger partial charge in [0, 0.05) is 26.7 Å². The maximum atomic E-state index is 9.21. The van der Waals surface area contributed by atoms with E-state index in [1.165, 1.54) is 11.0 Å². The highest BCUT2D eigenvalue weighted by molar-refractivity contribution is 5.39. The van der Waals surface area contributed by atoms with E-state index < -0.39 is 0 Å². The summed E-state index contributed by atoms with van der Waals surface area (Å²) in [5.74, 6) is 1.93. The molecule has 2 N–H and O–H groups in total. The zero-order chi connectivity index (χ0) is 14.7. The number of aliphatic hydroxyl groups excluding tert-OH is 1. The summed E-state index contributed by atoms with van der Waals surface area (Å²) in [6, 6.07) is 0. The first-order valence-corrected chi connectivity index (χ1v) is 6.95. The van der Waals surface area contributed by atoms with Crippen molar-refractivity contribution in [3.63, 3.8) is 0 Å². The molecule has 3 rings (SSSR count). The minimum atomic E-state index is 0.247. The fraction of sp³-hybridized carbons (Fsp3) is 0.583. The van der Waals surface area contributed by atoms with E-state index in [1.54, 1.807) is 13.4 Å². The van der Waals surface area contributed by atoms with Gasteiger partial charge in [0.1, 0.15) is 12.7 Å². The molecule has 0 unspecified atom stereocenters. The van der Waals surface area contributed by atoms with Crippen molar-refractivity contribution in [1.82, 2.24) is 29.7 Å². The van der Waals surface area contributed by atoms with Gasteiger partial charge in [-0.2, -0.15) is 24.7 Å². The highest BCUT2D eigenvalue weighted by Gasteiger charge is 2.21.